The van der Waals surface area contributed by atoms with Crippen molar-refractivity contribution >= 4 is 23.8 Å². The number of carbonyl (C=O) groups excluding carboxylic acids is 4. The Bertz CT molecular complexity index is 993. The predicted octanol–water partition coefficient (Wildman–Crippen LogP) is 3.23. The molecular weight excluding hydrogens is 460 g/mol. The SMILES string of the molecule is C#CN(C(=O)C(CCC(N)=O)NC(=O)OC(C)(C)C)C(C(=O)NC(C)CCC)c1ccc(C)c(C)c1. The first-order chi connectivity index (χ1) is 16.7. The first kappa shape index (κ1) is 30.5. The first-order valence-electron chi connectivity index (χ1n) is 12.1. The number of aryl methyl sites for hydroxylation is 2. The molecule has 9 nitrogen and oxygen atoms in total. The Kier molecular flexibility index (Phi) is 11.5. The summed E-state index contributed by atoms with van der Waals surface area (Å²) in [6.45, 7) is 12.8. The van der Waals surface area contributed by atoms with Gasteiger partial charge in [-0.25, -0.2) is 4.79 Å². The summed E-state index contributed by atoms with van der Waals surface area (Å²) in [6.07, 6.45) is 6.23. The summed E-state index contributed by atoms with van der Waals surface area (Å²) in [5.74, 6) is -1.83. The summed E-state index contributed by atoms with van der Waals surface area (Å²) < 4.78 is 5.27. The van der Waals surface area contributed by atoms with Crippen LogP contribution < -0.4 is 16.4 Å². The number of hydrogen-bond acceptors (Lipinski definition) is 5. The van der Waals surface area contributed by atoms with Crippen LogP contribution in [0.25, 0.3) is 0 Å². The maximum atomic E-state index is 13.7. The minimum Gasteiger partial charge on any atom is -0.444 e. The van der Waals surface area contributed by atoms with Crippen LogP contribution >= 0.6 is 0 Å². The number of terminal acetylenes is 1. The van der Waals surface area contributed by atoms with Crippen molar-refractivity contribution in [1.82, 2.24) is 15.5 Å². The van der Waals surface area contributed by atoms with Gasteiger partial charge in [0.15, 0.2) is 0 Å². The van der Waals surface area contributed by atoms with E-state index in [9.17, 15) is 19.2 Å². The highest BCUT2D eigenvalue weighted by molar-refractivity contribution is 5.93. The van der Waals surface area contributed by atoms with Gasteiger partial charge in [0.2, 0.25) is 11.8 Å². The van der Waals surface area contributed by atoms with E-state index in [4.69, 9.17) is 16.9 Å². The molecule has 36 heavy (non-hydrogen) atoms. The molecule has 1 aromatic rings. The zero-order valence-electron chi connectivity index (χ0n) is 22.4. The van der Waals surface area contributed by atoms with Crippen LogP contribution in [-0.4, -0.2) is 46.4 Å². The van der Waals surface area contributed by atoms with E-state index in [1.807, 2.05) is 33.8 Å². The Morgan fingerprint density at radius 1 is 1.11 bits per heavy atom. The van der Waals surface area contributed by atoms with Gasteiger partial charge in [0, 0.05) is 18.5 Å². The Hall–Kier alpha value is -3.54. The van der Waals surface area contributed by atoms with E-state index in [-0.39, 0.29) is 18.9 Å². The molecule has 3 atom stereocenters. The molecule has 0 bridgehead atoms. The fourth-order valence-corrected chi connectivity index (χ4v) is 3.61. The number of nitrogens with one attached hydrogen (secondary N) is 2. The van der Waals surface area contributed by atoms with Gasteiger partial charge in [-0.3, -0.25) is 19.3 Å². The third-order valence-corrected chi connectivity index (χ3v) is 5.51. The number of carbonyl (C=O) groups is 4. The molecule has 4 amide bonds. The van der Waals surface area contributed by atoms with Gasteiger partial charge in [0.05, 0.1) is 0 Å². The van der Waals surface area contributed by atoms with Gasteiger partial charge in [-0.2, -0.15) is 0 Å². The normalized spacial score (nSPS) is 13.5. The average molecular weight is 501 g/mol. The summed E-state index contributed by atoms with van der Waals surface area (Å²) in [4.78, 5) is 51.9. The predicted molar refractivity (Wildman–Crippen MR) is 138 cm³/mol. The lowest BCUT2D eigenvalue weighted by Gasteiger charge is -2.31. The van der Waals surface area contributed by atoms with Crippen molar-refractivity contribution in [2.75, 3.05) is 0 Å². The second-order valence-corrected chi connectivity index (χ2v) is 9.99. The van der Waals surface area contributed by atoms with Gasteiger partial charge in [-0.15, -0.1) is 0 Å². The van der Waals surface area contributed by atoms with E-state index in [1.54, 1.807) is 32.9 Å². The Morgan fingerprint density at radius 2 is 1.75 bits per heavy atom. The number of primary amides is 1. The topological polar surface area (TPSA) is 131 Å². The molecule has 198 valence electrons. The van der Waals surface area contributed by atoms with Gasteiger partial charge in [-0.1, -0.05) is 38.0 Å². The van der Waals surface area contributed by atoms with E-state index in [0.717, 1.165) is 28.9 Å². The molecule has 3 unspecified atom stereocenters. The molecule has 0 saturated heterocycles. The van der Waals surface area contributed by atoms with Crippen molar-refractivity contribution in [2.24, 2.45) is 5.73 Å². The molecule has 0 aromatic heterocycles. The molecule has 0 aliphatic carbocycles. The van der Waals surface area contributed by atoms with Crippen molar-refractivity contribution in [1.29, 1.82) is 0 Å². The van der Waals surface area contributed by atoms with E-state index >= 15 is 0 Å². The third-order valence-electron chi connectivity index (χ3n) is 5.51. The second kappa shape index (κ2) is 13.5. The van der Waals surface area contributed by atoms with Crippen LogP contribution in [0.4, 0.5) is 4.79 Å². The van der Waals surface area contributed by atoms with Crippen LogP contribution in [-0.2, 0) is 19.1 Å². The molecule has 0 aliphatic heterocycles. The molecule has 0 heterocycles. The monoisotopic (exact) mass is 500 g/mol. The Labute approximate surface area is 214 Å². The lowest BCUT2D eigenvalue weighted by molar-refractivity contribution is -0.139. The molecule has 1 rings (SSSR count). The van der Waals surface area contributed by atoms with Gasteiger partial charge in [-0.05, 0) is 71.1 Å². The van der Waals surface area contributed by atoms with Crippen molar-refractivity contribution in [3.8, 4) is 12.5 Å². The van der Waals surface area contributed by atoms with Gasteiger partial charge >= 0.3 is 6.09 Å². The van der Waals surface area contributed by atoms with Crippen molar-refractivity contribution in [2.45, 2.75) is 97.9 Å². The van der Waals surface area contributed by atoms with Crippen LogP contribution in [0.1, 0.15) is 83.0 Å². The van der Waals surface area contributed by atoms with Crippen molar-refractivity contribution in [3.05, 3.63) is 34.9 Å². The number of alkyl carbamates (subject to hydrolysis) is 1. The van der Waals surface area contributed by atoms with Crippen LogP contribution in [0.15, 0.2) is 18.2 Å². The van der Waals surface area contributed by atoms with Gasteiger partial charge in [0.25, 0.3) is 5.91 Å². The minimum absolute atomic E-state index is 0.112. The zero-order valence-corrected chi connectivity index (χ0v) is 22.4. The van der Waals surface area contributed by atoms with Crippen molar-refractivity contribution < 1.29 is 23.9 Å². The fraction of sp³-hybridized carbons (Fsp3) is 0.556. The maximum absolute atomic E-state index is 13.7. The van der Waals surface area contributed by atoms with Crippen molar-refractivity contribution in [3.63, 3.8) is 0 Å². The highest BCUT2D eigenvalue weighted by atomic mass is 16.6. The summed E-state index contributed by atoms with van der Waals surface area (Å²) >= 11 is 0. The zero-order chi connectivity index (χ0) is 27.6. The number of hydrogen-bond donors (Lipinski definition) is 3. The van der Waals surface area contributed by atoms with E-state index < -0.39 is 41.5 Å². The lowest BCUT2D eigenvalue weighted by atomic mass is 9.98. The number of nitrogens with two attached hydrogens (primary N) is 1. The van der Waals surface area contributed by atoms with Crippen LogP contribution in [0.3, 0.4) is 0 Å². The summed E-state index contributed by atoms with van der Waals surface area (Å²) in [5, 5.41) is 5.41. The molecule has 0 saturated carbocycles. The van der Waals surface area contributed by atoms with E-state index in [0.29, 0.717) is 5.56 Å². The molecule has 0 radical (unpaired) electrons. The molecule has 9 heteroatoms. The number of ether oxygens (including phenoxy) is 1. The maximum Gasteiger partial charge on any atom is 0.408 e. The molecular formula is C27H40N4O5. The minimum atomic E-state index is -1.24. The number of rotatable bonds is 11. The van der Waals surface area contributed by atoms with Crippen LogP contribution in [0, 0.1) is 26.3 Å². The van der Waals surface area contributed by atoms with Crippen LogP contribution in [0.2, 0.25) is 0 Å². The largest absolute Gasteiger partial charge is 0.444 e. The fourth-order valence-electron chi connectivity index (χ4n) is 3.61. The molecule has 1 aromatic carbocycles. The second-order valence-electron chi connectivity index (χ2n) is 9.99. The first-order valence-corrected chi connectivity index (χ1v) is 12.1. The van der Waals surface area contributed by atoms with E-state index in [1.165, 1.54) is 0 Å². The van der Waals surface area contributed by atoms with Gasteiger partial charge in [0.1, 0.15) is 17.7 Å². The van der Waals surface area contributed by atoms with E-state index in [2.05, 4.69) is 16.7 Å². The summed E-state index contributed by atoms with van der Waals surface area (Å²) in [6, 6.07) is 5.19. The highest BCUT2D eigenvalue weighted by Gasteiger charge is 2.36. The molecule has 0 aliphatic rings. The summed E-state index contributed by atoms with van der Waals surface area (Å²) in [5.41, 5.74) is 6.93. The van der Waals surface area contributed by atoms with Gasteiger partial charge < -0.3 is 21.1 Å². The summed E-state index contributed by atoms with van der Waals surface area (Å²) in [7, 11) is 0. The Balaban J connectivity index is 3.44. The molecule has 0 spiro atoms. The smallest absolute Gasteiger partial charge is 0.408 e. The molecule has 0 fully saturated rings. The Morgan fingerprint density at radius 3 is 2.25 bits per heavy atom. The number of amides is 4. The lowest BCUT2D eigenvalue weighted by Crippen LogP contribution is -2.52. The molecule has 4 N–H and O–H groups in total. The number of benzene rings is 1. The average Bonchev–Trinajstić information content (AvgIpc) is 2.75. The van der Waals surface area contributed by atoms with Crippen LogP contribution in [0.5, 0.6) is 0 Å². The highest BCUT2D eigenvalue weighted by Crippen LogP contribution is 2.25. The quantitative estimate of drug-likeness (QED) is 0.317. The third kappa shape index (κ3) is 9.61. The number of nitrogens with zero attached hydrogens (tertiary/aromatic N) is 1. The standard InChI is InChI=1S/C27H40N4O5/c1-9-11-19(5)29-24(33)23(20-13-12-17(3)18(4)16-20)31(10-2)25(34)21(14-15-22(28)32)30-26(35)36-27(6,7)8/h2,12-13,16,19,21,23H,9,11,14-15H2,1,3-8H3,(H2,28,32)(H,29,33)(H,30,35).